The molecule has 1 heterocycles. The van der Waals surface area contributed by atoms with Gasteiger partial charge in [0.05, 0.1) is 19.3 Å². The van der Waals surface area contributed by atoms with Crippen LogP contribution in [0.3, 0.4) is 0 Å². The maximum atomic E-state index is 13.4. The standard InChI is InChI=1S/C14H18FN3O/c1-9-7-10(5-6-11(9)15)13(16-2)14-12(19-4)8-17-18(14)3/h5-8,13,16H,1-4H3. The Balaban J connectivity index is 2.49. The van der Waals surface area contributed by atoms with Gasteiger partial charge in [-0.1, -0.05) is 12.1 Å². The van der Waals surface area contributed by atoms with Crippen LogP contribution in [0.15, 0.2) is 24.4 Å². The first kappa shape index (κ1) is 13.5. The number of hydrogen-bond donors (Lipinski definition) is 1. The van der Waals surface area contributed by atoms with Gasteiger partial charge in [-0.25, -0.2) is 4.39 Å². The van der Waals surface area contributed by atoms with Crippen molar-refractivity contribution in [3.8, 4) is 5.75 Å². The number of ether oxygens (including phenoxy) is 1. The van der Waals surface area contributed by atoms with Crippen LogP contribution in [0.5, 0.6) is 5.75 Å². The summed E-state index contributed by atoms with van der Waals surface area (Å²) in [4.78, 5) is 0. The van der Waals surface area contributed by atoms with E-state index in [0.717, 1.165) is 11.3 Å². The summed E-state index contributed by atoms with van der Waals surface area (Å²) >= 11 is 0. The summed E-state index contributed by atoms with van der Waals surface area (Å²) in [5.74, 6) is 0.513. The lowest BCUT2D eigenvalue weighted by Gasteiger charge is -2.19. The molecule has 2 aromatic rings. The number of aryl methyl sites for hydroxylation is 2. The lowest BCUT2D eigenvalue weighted by atomic mass is 10.0. The lowest BCUT2D eigenvalue weighted by molar-refractivity contribution is 0.402. The molecule has 0 aliphatic heterocycles. The van der Waals surface area contributed by atoms with Gasteiger partial charge in [0.25, 0.3) is 0 Å². The quantitative estimate of drug-likeness (QED) is 0.919. The van der Waals surface area contributed by atoms with Gasteiger partial charge in [-0.2, -0.15) is 5.10 Å². The summed E-state index contributed by atoms with van der Waals surface area (Å²) in [5.41, 5.74) is 2.51. The zero-order chi connectivity index (χ0) is 14.0. The molecule has 4 nitrogen and oxygen atoms in total. The fourth-order valence-electron chi connectivity index (χ4n) is 2.22. The van der Waals surface area contributed by atoms with E-state index in [1.807, 2.05) is 20.2 Å². The van der Waals surface area contributed by atoms with Gasteiger partial charge in [0.1, 0.15) is 11.5 Å². The first-order chi connectivity index (χ1) is 9.08. The Kier molecular flexibility index (Phi) is 3.85. The highest BCUT2D eigenvalue weighted by atomic mass is 19.1. The van der Waals surface area contributed by atoms with E-state index in [1.54, 1.807) is 31.0 Å². The summed E-state index contributed by atoms with van der Waals surface area (Å²) in [6.07, 6.45) is 1.68. The summed E-state index contributed by atoms with van der Waals surface area (Å²) in [7, 11) is 5.33. The molecule has 1 N–H and O–H groups in total. The molecule has 1 unspecified atom stereocenters. The van der Waals surface area contributed by atoms with Crippen LogP contribution in [0.4, 0.5) is 4.39 Å². The normalized spacial score (nSPS) is 12.5. The Labute approximate surface area is 112 Å². The van der Waals surface area contributed by atoms with Crippen LogP contribution in [-0.4, -0.2) is 23.9 Å². The van der Waals surface area contributed by atoms with Crippen molar-refractivity contribution < 1.29 is 9.13 Å². The van der Waals surface area contributed by atoms with Gasteiger partial charge in [0.15, 0.2) is 5.75 Å². The molecule has 0 bridgehead atoms. The predicted octanol–water partition coefficient (Wildman–Crippen LogP) is 2.19. The van der Waals surface area contributed by atoms with Crippen molar-refractivity contribution in [1.82, 2.24) is 15.1 Å². The van der Waals surface area contributed by atoms with E-state index in [4.69, 9.17) is 4.74 Å². The first-order valence-electron chi connectivity index (χ1n) is 6.07. The van der Waals surface area contributed by atoms with Gasteiger partial charge in [-0.05, 0) is 31.2 Å². The van der Waals surface area contributed by atoms with E-state index in [9.17, 15) is 4.39 Å². The Morgan fingerprint density at radius 1 is 1.42 bits per heavy atom. The molecule has 0 radical (unpaired) electrons. The predicted molar refractivity (Wildman–Crippen MR) is 71.8 cm³/mol. The molecule has 2 rings (SSSR count). The molecule has 1 aromatic carbocycles. The highest BCUT2D eigenvalue weighted by Crippen LogP contribution is 2.29. The van der Waals surface area contributed by atoms with E-state index in [-0.39, 0.29) is 11.9 Å². The molecule has 1 atom stereocenters. The fourth-order valence-corrected chi connectivity index (χ4v) is 2.22. The second-order valence-electron chi connectivity index (χ2n) is 4.45. The highest BCUT2D eigenvalue weighted by Gasteiger charge is 2.21. The zero-order valence-electron chi connectivity index (χ0n) is 11.6. The number of hydrogen-bond acceptors (Lipinski definition) is 3. The second-order valence-corrected chi connectivity index (χ2v) is 4.45. The number of benzene rings is 1. The summed E-state index contributed by atoms with van der Waals surface area (Å²) in [5, 5.41) is 7.42. The number of aromatic nitrogens is 2. The third-order valence-electron chi connectivity index (χ3n) is 3.25. The smallest absolute Gasteiger partial charge is 0.161 e. The topological polar surface area (TPSA) is 39.1 Å². The lowest BCUT2D eigenvalue weighted by Crippen LogP contribution is -2.21. The van der Waals surface area contributed by atoms with Gasteiger partial charge in [-0.15, -0.1) is 0 Å². The van der Waals surface area contributed by atoms with Crippen LogP contribution in [0, 0.1) is 12.7 Å². The van der Waals surface area contributed by atoms with Gasteiger partial charge < -0.3 is 10.1 Å². The van der Waals surface area contributed by atoms with Gasteiger partial charge >= 0.3 is 0 Å². The van der Waals surface area contributed by atoms with Crippen molar-refractivity contribution in [2.75, 3.05) is 14.2 Å². The molecule has 19 heavy (non-hydrogen) atoms. The molecule has 0 saturated carbocycles. The molecule has 0 saturated heterocycles. The molecular formula is C14H18FN3O. The molecule has 0 spiro atoms. The van der Waals surface area contributed by atoms with E-state index >= 15 is 0 Å². The van der Waals surface area contributed by atoms with Crippen LogP contribution in [0.1, 0.15) is 22.9 Å². The molecule has 0 amide bonds. The van der Waals surface area contributed by atoms with E-state index in [1.165, 1.54) is 6.07 Å². The van der Waals surface area contributed by atoms with E-state index in [0.29, 0.717) is 11.3 Å². The molecular weight excluding hydrogens is 245 g/mol. The Morgan fingerprint density at radius 3 is 2.74 bits per heavy atom. The third kappa shape index (κ3) is 2.46. The average Bonchev–Trinajstić information content (AvgIpc) is 2.76. The van der Waals surface area contributed by atoms with E-state index < -0.39 is 0 Å². The summed E-state index contributed by atoms with van der Waals surface area (Å²) < 4.78 is 20.5. The monoisotopic (exact) mass is 263 g/mol. The minimum atomic E-state index is -0.199. The first-order valence-corrected chi connectivity index (χ1v) is 6.07. The van der Waals surface area contributed by atoms with Gasteiger partial charge in [-0.3, -0.25) is 4.68 Å². The molecule has 102 valence electrons. The van der Waals surface area contributed by atoms with Gasteiger partial charge in [0, 0.05) is 7.05 Å². The minimum Gasteiger partial charge on any atom is -0.493 e. The number of nitrogens with zero attached hydrogens (tertiary/aromatic N) is 2. The van der Waals surface area contributed by atoms with Gasteiger partial charge in [0.2, 0.25) is 0 Å². The van der Waals surface area contributed by atoms with Crippen LogP contribution >= 0.6 is 0 Å². The SMILES string of the molecule is CNC(c1ccc(F)c(C)c1)c1c(OC)cnn1C. The van der Waals surface area contributed by atoms with Crippen LogP contribution < -0.4 is 10.1 Å². The largest absolute Gasteiger partial charge is 0.493 e. The fraction of sp³-hybridized carbons (Fsp3) is 0.357. The molecule has 0 fully saturated rings. The Hall–Kier alpha value is -1.88. The van der Waals surface area contributed by atoms with Crippen molar-refractivity contribution in [2.45, 2.75) is 13.0 Å². The van der Waals surface area contributed by atoms with E-state index in [2.05, 4.69) is 10.4 Å². The maximum absolute atomic E-state index is 13.4. The average molecular weight is 263 g/mol. The summed E-state index contributed by atoms with van der Waals surface area (Å²) in [6, 6.07) is 5.00. The van der Waals surface area contributed by atoms with Crippen molar-refractivity contribution in [2.24, 2.45) is 7.05 Å². The number of nitrogens with one attached hydrogen (secondary N) is 1. The third-order valence-corrected chi connectivity index (χ3v) is 3.25. The van der Waals surface area contributed by atoms with Crippen molar-refractivity contribution in [1.29, 1.82) is 0 Å². The molecule has 0 aliphatic carbocycles. The van der Waals surface area contributed by atoms with Crippen molar-refractivity contribution in [3.05, 3.63) is 47.0 Å². The van der Waals surface area contributed by atoms with Crippen LogP contribution in [0.25, 0.3) is 0 Å². The van der Waals surface area contributed by atoms with Crippen molar-refractivity contribution in [3.63, 3.8) is 0 Å². The Morgan fingerprint density at radius 2 is 2.16 bits per heavy atom. The Bertz CT molecular complexity index is 580. The number of rotatable bonds is 4. The highest BCUT2D eigenvalue weighted by molar-refractivity contribution is 5.38. The van der Waals surface area contributed by atoms with Crippen LogP contribution in [-0.2, 0) is 7.05 Å². The molecule has 1 aromatic heterocycles. The zero-order valence-corrected chi connectivity index (χ0v) is 11.6. The molecule has 0 aliphatic rings. The minimum absolute atomic E-state index is 0.0956. The van der Waals surface area contributed by atoms with Crippen molar-refractivity contribution >= 4 is 0 Å². The number of halogens is 1. The second kappa shape index (κ2) is 5.40. The maximum Gasteiger partial charge on any atom is 0.161 e. The number of methoxy groups -OCH3 is 1. The molecule has 5 heteroatoms. The van der Waals surface area contributed by atoms with Crippen LogP contribution in [0.2, 0.25) is 0 Å². The summed E-state index contributed by atoms with van der Waals surface area (Å²) in [6.45, 7) is 1.76.